The van der Waals surface area contributed by atoms with Crippen LogP contribution in [0.2, 0.25) is 0 Å². The van der Waals surface area contributed by atoms with Gasteiger partial charge in [-0.05, 0) is 43.2 Å². The third-order valence-electron chi connectivity index (χ3n) is 3.76. The van der Waals surface area contributed by atoms with Crippen LogP contribution in [0.25, 0.3) is 0 Å². The van der Waals surface area contributed by atoms with Gasteiger partial charge in [0.25, 0.3) is 0 Å². The minimum atomic E-state index is 0.113. The van der Waals surface area contributed by atoms with E-state index in [0.29, 0.717) is 11.2 Å². The first-order chi connectivity index (χ1) is 11.0. The highest BCUT2D eigenvalue weighted by Gasteiger charge is 2.23. The van der Waals surface area contributed by atoms with Gasteiger partial charge in [-0.25, -0.2) is 0 Å². The van der Waals surface area contributed by atoms with Crippen LogP contribution < -0.4 is 10.6 Å². The van der Waals surface area contributed by atoms with Crippen LogP contribution in [0.1, 0.15) is 17.5 Å². The molecular weight excluding hydrogens is 303 g/mol. The molecule has 0 spiro atoms. The van der Waals surface area contributed by atoms with Crippen molar-refractivity contribution >= 4 is 31.2 Å². The third kappa shape index (κ3) is 4.55. The van der Waals surface area contributed by atoms with Crippen molar-refractivity contribution in [3.8, 4) is 0 Å². The smallest absolute Gasteiger partial charge is 0.237 e. The Morgan fingerprint density at radius 2 is 2.26 bits per heavy atom. The molecule has 1 aliphatic rings. The van der Waals surface area contributed by atoms with Gasteiger partial charge in [0.2, 0.25) is 5.91 Å². The van der Waals surface area contributed by atoms with Gasteiger partial charge in [0.1, 0.15) is 7.85 Å². The zero-order chi connectivity index (χ0) is 16.8. The zero-order valence-electron chi connectivity index (χ0n) is 13.4. The largest absolute Gasteiger partial charge is 0.405 e. The maximum Gasteiger partial charge on any atom is 0.237 e. The number of aryl methyl sites for hydroxylation is 2. The third-order valence-corrected chi connectivity index (χ3v) is 4.65. The summed E-state index contributed by atoms with van der Waals surface area (Å²) >= 11 is 1.42. The minimum absolute atomic E-state index is 0.113. The number of thioether (sulfide) groups is 1. The normalized spacial score (nSPS) is 14.8. The van der Waals surface area contributed by atoms with Crippen molar-refractivity contribution in [3.63, 3.8) is 0 Å². The first-order valence-corrected chi connectivity index (χ1v) is 8.57. The lowest BCUT2D eigenvalue weighted by Crippen LogP contribution is -2.37. The SMILES string of the molecule is [B]C(/C=C\C(=C)SCC(=O)N1CCCc2cccc(C)c21)=C/N. The summed E-state index contributed by atoms with van der Waals surface area (Å²) in [5, 5.41) is 0. The molecule has 1 aromatic rings. The second kappa shape index (κ2) is 8.11. The number of para-hydroxylation sites is 1. The zero-order valence-corrected chi connectivity index (χ0v) is 14.2. The molecule has 23 heavy (non-hydrogen) atoms. The van der Waals surface area contributed by atoms with Gasteiger partial charge in [-0.2, -0.15) is 0 Å². The summed E-state index contributed by atoms with van der Waals surface area (Å²) in [5.74, 6) is 0.477. The highest BCUT2D eigenvalue weighted by Crippen LogP contribution is 2.31. The molecule has 2 radical (unpaired) electrons. The number of benzene rings is 1. The Bertz CT molecular complexity index is 667. The molecule has 0 unspecified atom stereocenters. The lowest BCUT2D eigenvalue weighted by molar-refractivity contribution is -0.116. The number of amides is 1. The van der Waals surface area contributed by atoms with Crippen molar-refractivity contribution in [2.45, 2.75) is 19.8 Å². The number of nitrogens with two attached hydrogens (primary N) is 1. The van der Waals surface area contributed by atoms with Gasteiger partial charge in [-0.1, -0.05) is 36.3 Å². The summed E-state index contributed by atoms with van der Waals surface area (Å²) < 4.78 is 0. The number of nitrogens with zero attached hydrogens (tertiary/aromatic N) is 1. The topological polar surface area (TPSA) is 46.3 Å². The molecule has 1 aliphatic heterocycles. The Labute approximate surface area is 143 Å². The second-order valence-electron chi connectivity index (χ2n) is 5.49. The monoisotopic (exact) mass is 324 g/mol. The van der Waals surface area contributed by atoms with Crippen molar-refractivity contribution in [3.05, 3.63) is 64.6 Å². The van der Waals surface area contributed by atoms with Crippen LogP contribution in [-0.4, -0.2) is 26.1 Å². The Balaban J connectivity index is 2.01. The van der Waals surface area contributed by atoms with E-state index in [0.717, 1.165) is 35.5 Å². The molecule has 0 fully saturated rings. The van der Waals surface area contributed by atoms with Crippen molar-refractivity contribution in [2.75, 3.05) is 17.2 Å². The number of allylic oxidation sites excluding steroid dienone is 3. The molecule has 0 aliphatic carbocycles. The summed E-state index contributed by atoms with van der Waals surface area (Å²) in [5.41, 5.74) is 9.27. The lowest BCUT2D eigenvalue weighted by atomic mass is 9.97. The second-order valence-corrected chi connectivity index (χ2v) is 6.59. The van der Waals surface area contributed by atoms with E-state index in [4.69, 9.17) is 13.6 Å². The summed E-state index contributed by atoms with van der Waals surface area (Å²) in [4.78, 5) is 15.3. The fraction of sp³-hybridized carbons (Fsp3) is 0.278. The molecule has 1 heterocycles. The van der Waals surface area contributed by atoms with E-state index in [1.807, 2.05) is 4.90 Å². The molecule has 0 saturated carbocycles. The number of fused-ring (bicyclic) bond motifs is 1. The van der Waals surface area contributed by atoms with Gasteiger partial charge in [-0.15, -0.1) is 11.8 Å². The highest BCUT2D eigenvalue weighted by molar-refractivity contribution is 8.03. The number of anilines is 1. The summed E-state index contributed by atoms with van der Waals surface area (Å²) in [7, 11) is 5.59. The molecule has 0 atom stereocenters. The molecule has 5 heteroatoms. The average Bonchev–Trinajstić information content (AvgIpc) is 2.57. The molecule has 2 rings (SSSR count). The molecule has 2 N–H and O–H groups in total. The van der Waals surface area contributed by atoms with E-state index in [1.165, 1.54) is 23.5 Å². The quantitative estimate of drug-likeness (QED) is 0.669. The van der Waals surface area contributed by atoms with E-state index in [2.05, 4.69) is 31.7 Å². The first-order valence-electron chi connectivity index (χ1n) is 7.59. The Morgan fingerprint density at radius 1 is 1.48 bits per heavy atom. The van der Waals surface area contributed by atoms with E-state index in [1.54, 1.807) is 12.2 Å². The molecule has 0 aromatic heterocycles. The Hall–Kier alpha value is -1.88. The van der Waals surface area contributed by atoms with Crippen LogP contribution in [0.3, 0.4) is 0 Å². The molecule has 118 valence electrons. The van der Waals surface area contributed by atoms with Crippen LogP contribution in [-0.2, 0) is 11.2 Å². The summed E-state index contributed by atoms with van der Waals surface area (Å²) in [6.45, 7) is 6.76. The van der Waals surface area contributed by atoms with Gasteiger partial charge in [0.05, 0.1) is 5.75 Å². The van der Waals surface area contributed by atoms with Gasteiger partial charge in [-0.3, -0.25) is 4.79 Å². The maximum atomic E-state index is 12.6. The van der Waals surface area contributed by atoms with Gasteiger partial charge < -0.3 is 10.6 Å². The van der Waals surface area contributed by atoms with Crippen LogP contribution in [0.5, 0.6) is 0 Å². The van der Waals surface area contributed by atoms with Crippen molar-refractivity contribution < 1.29 is 4.79 Å². The van der Waals surface area contributed by atoms with E-state index < -0.39 is 0 Å². The highest BCUT2D eigenvalue weighted by atomic mass is 32.2. The molecular formula is C18H21BN2OS. The van der Waals surface area contributed by atoms with Crippen LogP contribution in [0, 0.1) is 6.92 Å². The number of hydrogen-bond donors (Lipinski definition) is 1. The van der Waals surface area contributed by atoms with Crippen LogP contribution >= 0.6 is 11.8 Å². The van der Waals surface area contributed by atoms with Crippen molar-refractivity contribution in [1.29, 1.82) is 0 Å². The Kier molecular flexibility index (Phi) is 6.16. The minimum Gasteiger partial charge on any atom is -0.405 e. The fourth-order valence-corrected chi connectivity index (χ4v) is 3.25. The summed E-state index contributed by atoms with van der Waals surface area (Å²) in [6.07, 6.45) is 6.82. The number of hydrogen-bond acceptors (Lipinski definition) is 3. The summed E-state index contributed by atoms with van der Waals surface area (Å²) in [6, 6.07) is 6.22. The van der Waals surface area contributed by atoms with E-state index in [9.17, 15) is 4.79 Å². The van der Waals surface area contributed by atoms with Gasteiger partial charge in [0, 0.05) is 17.1 Å². The molecule has 3 nitrogen and oxygen atoms in total. The molecule has 1 amide bonds. The van der Waals surface area contributed by atoms with Crippen LogP contribution in [0.15, 0.2) is 53.5 Å². The van der Waals surface area contributed by atoms with Crippen LogP contribution in [0.4, 0.5) is 5.69 Å². The number of carbonyl (C=O) groups excluding carboxylic acids is 1. The Morgan fingerprint density at radius 3 is 3.00 bits per heavy atom. The van der Waals surface area contributed by atoms with E-state index >= 15 is 0 Å². The number of rotatable bonds is 5. The predicted octanol–water partition coefficient (Wildman–Crippen LogP) is 3.05. The first kappa shape index (κ1) is 17.5. The fourth-order valence-electron chi connectivity index (χ4n) is 2.62. The number of carbonyl (C=O) groups is 1. The van der Waals surface area contributed by atoms with Gasteiger partial charge in [0.15, 0.2) is 0 Å². The standard InChI is InChI=1S/C18H21BN2OS/c1-13-5-3-6-15-7-4-10-21(18(13)15)17(22)12-23-14(2)8-9-16(19)11-20/h3,5-6,8-9,11H,2,4,7,10,12,20H2,1H3/b9-8-,16-11+. The van der Waals surface area contributed by atoms with Gasteiger partial charge >= 0.3 is 0 Å². The maximum absolute atomic E-state index is 12.6. The van der Waals surface area contributed by atoms with Crippen molar-refractivity contribution in [2.24, 2.45) is 5.73 Å². The van der Waals surface area contributed by atoms with E-state index in [-0.39, 0.29) is 5.91 Å². The van der Waals surface area contributed by atoms with Crippen molar-refractivity contribution in [1.82, 2.24) is 0 Å². The molecule has 1 aromatic carbocycles. The molecule has 0 bridgehead atoms. The lowest BCUT2D eigenvalue weighted by Gasteiger charge is -2.31. The molecule has 0 saturated heterocycles. The average molecular weight is 324 g/mol. The predicted molar refractivity (Wildman–Crippen MR) is 101 cm³/mol.